The third kappa shape index (κ3) is 6.80. The summed E-state index contributed by atoms with van der Waals surface area (Å²) in [5.41, 5.74) is 0. The van der Waals surface area contributed by atoms with Crippen LogP contribution >= 0.6 is 46.7 Å². The van der Waals surface area contributed by atoms with Crippen LogP contribution in [-0.4, -0.2) is 69.9 Å². The molecule has 2 fully saturated rings. The molecule has 2 aromatic rings. The summed E-state index contributed by atoms with van der Waals surface area (Å²) >= 11 is 3.73. The van der Waals surface area contributed by atoms with Crippen LogP contribution in [0.15, 0.2) is 34.6 Å². The number of nitrogens with zero attached hydrogens (tertiary/aromatic N) is 3. The van der Waals surface area contributed by atoms with Gasteiger partial charge in [-0.3, -0.25) is 9.89 Å². The van der Waals surface area contributed by atoms with Gasteiger partial charge in [-0.2, -0.15) is 0 Å². The molecule has 4 rings (SSSR count). The zero-order valence-electron chi connectivity index (χ0n) is 18.4. The van der Waals surface area contributed by atoms with Crippen LogP contribution in [0.2, 0.25) is 0 Å². The number of rotatable bonds is 6. The minimum atomic E-state index is 0. The predicted octanol–water partition coefficient (Wildman–Crippen LogP) is 3.94. The van der Waals surface area contributed by atoms with Crippen molar-refractivity contribution in [3.63, 3.8) is 0 Å². The molecule has 0 aromatic carbocycles. The summed E-state index contributed by atoms with van der Waals surface area (Å²) in [5.74, 6) is 0.913. The van der Waals surface area contributed by atoms with E-state index in [9.17, 15) is 0 Å². The Morgan fingerprint density at radius 1 is 1.19 bits per heavy atom. The molecular weight excluding hydrogens is 541 g/mol. The number of thiophene rings is 2. The molecule has 0 bridgehead atoms. The van der Waals surface area contributed by atoms with Crippen molar-refractivity contribution in [2.45, 2.75) is 31.8 Å². The number of guanidine groups is 1. The Morgan fingerprint density at radius 3 is 2.58 bits per heavy atom. The smallest absolute Gasteiger partial charge is 0.191 e. The van der Waals surface area contributed by atoms with Crippen LogP contribution in [0.3, 0.4) is 0 Å². The van der Waals surface area contributed by atoms with Crippen molar-refractivity contribution < 1.29 is 4.74 Å². The van der Waals surface area contributed by atoms with Gasteiger partial charge in [0.1, 0.15) is 0 Å². The zero-order valence-corrected chi connectivity index (χ0v) is 22.3. The van der Waals surface area contributed by atoms with Gasteiger partial charge in [-0.05, 0) is 49.4 Å². The van der Waals surface area contributed by atoms with Crippen molar-refractivity contribution in [1.82, 2.24) is 15.5 Å². The molecule has 4 heterocycles. The van der Waals surface area contributed by atoms with Gasteiger partial charge in [-0.1, -0.05) is 0 Å². The summed E-state index contributed by atoms with van der Waals surface area (Å²) in [6.45, 7) is 8.83. The number of nitrogens with one attached hydrogen (secondary N) is 2. The van der Waals surface area contributed by atoms with E-state index in [1.165, 1.54) is 14.8 Å². The van der Waals surface area contributed by atoms with E-state index in [0.717, 1.165) is 64.7 Å². The van der Waals surface area contributed by atoms with Crippen molar-refractivity contribution in [2.24, 2.45) is 4.99 Å². The van der Waals surface area contributed by atoms with Gasteiger partial charge in [0.05, 0.1) is 24.3 Å². The fourth-order valence-electron chi connectivity index (χ4n) is 4.21. The van der Waals surface area contributed by atoms with Crippen LogP contribution in [0.4, 0.5) is 5.00 Å². The van der Waals surface area contributed by atoms with Crippen molar-refractivity contribution in [3.8, 4) is 0 Å². The summed E-state index contributed by atoms with van der Waals surface area (Å²) in [6.07, 6.45) is 2.27. The average molecular weight is 576 g/mol. The Balaban J connectivity index is 0.00000272. The highest BCUT2D eigenvalue weighted by Gasteiger charge is 2.25. The number of morpholine rings is 1. The molecule has 0 radical (unpaired) electrons. The minimum Gasteiger partial charge on any atom is -0.379 e. The number of halogens is 1. The first-order valence-corrected chi connectivity index (χ1v) is 12.6. The standard InChI is InChI=1S/C22H33N5OS2.HI/c1-17-5-6-20(30-17)19(26-11-13-28-14-12-26)16-24-22(23-2)25-18-7-9-27(10-8-18)21-4-3-15-29-21;/h3-6,15,18-19H,7-14,16H2,1-2H3,(H2,23,24,25);1H. The van der Waals surface area contributed by atoms with E-state index in [4.69, 9.17) is 4.74 Å². The molecule has 2 N–H and O–H groups in total. The summed E-state index contributed by atoms with van der Waals surface area (Å²) in [4.78, 5) is 12.3. The highest BCUT2D eigenvalue weighted by atomic mass is 127. The Hall–Kier alpha value is -0.880. The van der Waals surface area contributed by atoms with Gasteiger partial charge in [0.2, 0.25) is 0 Å². The van der Waals surface area contributed by atoms with E-state index in [-0.39, 0.29) is 24.0 Å². The minimum absolute atomic E-state index is 0. The van der Waals surface area contributed by atoms with E-state index in [1.54, 1.807) is 0 Å². The third-order valence-electron chi connectivity index (χ3n) is 5.92. The van der Waals surface area contributed by atoms with E-state index >= 15 is 0 Å². The lowest BCUT2D eigenvalue weighted by atomic mass is 10.1. The van der Waals surface area contributed by atoms with Gasteiger partial charge in [0, 0.05) is 55.6 Å². The second kappa shape index (κ2) is 12.4. The lowest BCUT2D eigenvalue weighted by Gasteiger charge is -2.35. The normalized spacial score (nSPS) is 19.7. The lowest BCUT2D eigenvalue weighted by Crippen LogP contribution is -2.50. The Bertz CT molecular complexity index is 799. The molecule has 0 amide bonds. The van der Waals surface area contributed by atoms with Crippen molar-refractivity contribution in [3.05, 3.63) is 39.4 Å². The Labute approximate surface area is 211 Å². The molecule has 2 aliphatic rings. The summed E-state index contributed by atoms with van der Waals surface area (Å²) < 4.78 is 5.58. The quantitative estimate of drug-likeness (QED) is 0.311. The number of anilines is 1. The predicted molar refractivity (Wildman–Crippen MR) is 144 cm³/mol. The molecule has 31 heavy (non-hydrogen) atoms. The second-order valence-corrected chi connectivity index (χ2v) is 10.2. The maximum absolute atomic E-state index is 5.58. The lowest BCUT2D eigenvalue weighted by molar-refractivity contribution is 0.0177. The number of hydrogen-bond acceptors (Lipinski definition) is 6. The van der Waals surface area contributed by atoms with Crippen LogP contribution < -0.4 is 15.5 Å². The van der Waals surface area contributed by atoms with E-state index < -0.39 is 0 Å². The van der Waals surface area contributed by atoms with Crippen LogP contribution in [0, 0.1) is 6.92 Å². The SMILES string of the molecule is CN=C(NCC(c1ccc(C)s1)N1CCOCC1)NC1CCN(c2cccs2)CC1.I. The molecule has 1 atom stereocenters. The summed E-state index contributed by atoms with van der Waals surface area (Å²) in [5, 5.41) is 10.8. The van der Waals surface area contributed by atoms with Crippen LogP contribution in [0.25, 0.3) is 0 Å². The number of aliphatic imine (C=N–C) groups is 1. The number of hydrogen-bond donors (Lipinski definition) is 2. The van der Waals surface area contributed by atoms with Crippen molar-refractivity contribution in [2.75, 3.05) is 57.9 Å². The zero-order chi connectivity index (χ0) is 20.8. The van der Waals surface area contributed by atoms with Crippen LogP contribution in [0.5, 0.6) is 0 Å². The van der Waals surface area contributed by atoms with Crippen LogP contribution in [0.1, 0.15) is 28.6 Å². The van der Waals surface area contributed by atoms with Crippen LogP contribution in [-0.2, 0) is 4.74 Å². The molecule has 6 nitrogen and oxygen atoms in total. The fourth-order valence-corrected chi connectivity index (χ4v) is 6.00. The first kappa shape index (κ1) is 24.8. The Morgan fingerprint density at radius 2 is 1.97 bits per heavy atom. The number of piperidine rings is 1. The van der Waals surface area contributed by atoms with Gasteiger partial charge in [-0.25, -0.2) is 0 Å². The second-order valence-electron chi connectivity index (χ2n) is 7.92. The van der Waals surface area contributed by atoms with Crippen molar-refractivity contribution in [1.29, 1.82) is 0 Å². The van der Waals surface area contributed by atoms with Crippen molar-refractivity contribution >= 4 is 57.6 Å². The van der Waals surface area contributed by atoms with Gasteiger partial charge >= 0.3 is 0 Å². The molecule has 2 saturated heterocycles. The molecule has 172 valence electrons. The molecule has 0 aliphatic carbocycles. The van der Waals surface area contributed by atoms with E-state index in [2.05, 4.69) is 62.0 Å². The first-order chi connectivity index (χ1) is 14.7. The first-order valence-electron chi connectivity index (χ1n) is 10.9. The highest BCUT2D eigenvalue weighted by Crippen LogP contribution is 2.28. The number of ether oxygens (including phenoxy) is 1. The van der Waals surface area contributed by atoms with Gasteiger partial charge < -0.3 is 20.3 Å². The van der Waals surface area contributed by atoms with Gasteiger partial charge in [0.25, 0.3) is 0 Å². The maximum Gasteiger partial charge on any atom is 0.191 e. The molecule has 1 unspecified atom stereocenters. The summed E-state index contributed by atoms with van der Waals surface area (Å²) in [7, 11) is 1.87. The maximum atomic E-state index is 5.58. The van der Waals surface area contributed by atoms with E-state index in [0.29, 0.717) is 12.1 Å². The Kier molecular flexibility index (Phi) is 9.89. The highest BCUT2D eigenvalue weighted by molar-refractivity contribution is 14.0. The molecule has 2 aromatic heterocycles. The third-order valence-corrected chi connectivity index (χ3v) is 7.95. The topological polar surface area (TPSA) is 52.1 Å². The van der Waals surface area contributed by atoms with Gasteiger partial charge in [0.15, 0.2) is 5.96 Å². The molecule has 2 aliphatic heterocycles. The fraction of sp³-hybridized carbons (Fsp3) is 0.591. The van der Waals surface area contributed by atoms with E-state index in [1.807, 2.05) is 29.7 Å². The average Bonchev–Trinajstić information content (AvgIpc) is 3.47. The largest absolute Gasteiger partial charge is 0.379 e. The molecule has 9 heteroatoms. The number of aryl methyl sites for hydroxylation is 1. The monoisotopic (exact) mass is 575 g/mol. The van der Waals surface area contributed by atoms with Gasteiger partial charge in [-0.15, -0.1) is 46.7 Å². The molecule has 0 saturated carbocycles. The molecule has 0 spiro atoms. The molecular formula is C22H34IN5OS2. The summed E-state index contributed by atoms with van der Waals surface area (Å²) in [6, 6.07) is 9.68.